The van der Waals surface area contributed by atoms with Crippen molar-refractivity contribution in [1.29, 1.82) is 0 Å². The molecular weight excluding hydrogens is 342 g/mol. The van der Waals surface area contributed by atoms with Gasteiger partial charge in [-0.3, -0.25) is 4.79 Å². The van der Waals surface area contributed by atoms with Crippen molar-refractivity contribution in [3.63, 3.8) is 0 Å². The number of carbonyl (C=O) groups excluding carboxylic acids is 1. The minimum Gasteiger partial charge on any atom is -0.298 e. The maximum Gasteiger partial charge on any atom is 0.407 e. The van der Waals surface area contributed by atoms with Crippen molar-refractivity contribution >= 4 is 21.7 Å². The molecule has 0 aromatic heterocycles. The summed E-state index contributed by atoms with van der Waals surface area (Å²) in [6.45, 7) is 0. The van der Waals surface area contributed by atoms with Gasteiger partial charge in [0.2, 0.25) is 5.92 Å². The minimum atomic E-state index is -5.63. The molecular formula is C11H7BrF6O. The average Bonchev–Trinajstić information content (AvgIpc) is 2.16. The molecule has 1 nitrogen and oxygen atoms in total. The van der Waals surface area contributed by atoms with E-state index in [1.165, 1.54) is 24.3 Å². The van der Waals surface area contributed by atoms with Gasteiger partial charge in [-0.15, -0.1) is 0 Å². The standard InChI is InChI=1S/C11H7BrF6O/c12-7-3-1-6(2-4-7)5-8(19)9(10(13,14)15)11(16,17)18/h1-4,9H,5H2. The van der Waals surface area contributed by atoms with E-state index < -0.39 is 30.5 Å². The zero-order valence-electron chi connectivity index (χ0n) is 9.15. The summed E-state index contributed by atoms with van der Waals surface area (Å²) >= 11 is 3.06. The Bertz CT molecular complexity index is 434. The Morgan fingerprint density at radius 3 is 1.79 bits per heavy atom. The molecule has 0 fully saturated rings. The molecule has 8 heteroatoms. The summed E-state index contributed by atoms with van der Waals surface area (Å²) in [4.78, 5) is 11.2. The molecule has 19 heavy (non-hydrogen) atoms. The van der Waals surface area contributed by atoms with Gasteiger partial charge in [0, 0.05) is 10.9 Å². The number of halogens is 7. The summed E-state index contributed by atoms with van der Waals surface area (Å²) in [5.74, 6) is -5.86. The number of alkyl halides is 6. The Morgan fingerprint density at radius 1 is 1.00 bits per heavy atom. The van der Waals surface area contributed by atoms with Gasteiger partial charge in [-0.1, -0.05) is 28.1 Å². The van der Waals surface area contributed by atoms with Crippen LogP contribution in [-0.2, 0) is 11.2 Å². The second-order valence-corrected chi connectivity index (χ2v) is 4.70. The fourth-order valence-electron chi connectivity index (χ4n) is 1.46. The molecule has 1 aromatic rings. The summed E-state index contributed by atoms with van der Waals surface area (Å²) in [6, 6.07) is 5.43. The molecule has 1 rings (SSSR count). The average molecular weight is 349 g/mol. The quantitative estimate of drug-likeness (QED) is 0.744. The van der Waals surface area contributed by atoms with Crippen LogP contribution in [0.5, 0.6) is 0 Å². The van der Waals surface area contributed by atoms with Gasteiger partial charge in [0.05, 0.1) is 0 Å². The molecule has 0 aliphatic rings. The lowest BCUT2D eigenvalue weighted by atomic mass is 9.97. The van der Waals surface area contributed by atoms with Crippen LogP contribution < -0.4 is 0 Å². The fourth-order valence-corrected chi connectivity index (χ4v) is 1.72. The highest BCUT2D eigenvalue weighted by Crippen LogP contribution is 2.40. The number of hydrogen-bond acceptors (Lipinski definition) is 1. The number of hydrogen-bond donors (Lipinski definition) is 0. The topological polar surface area (TPSA) is 17.1 Å². The van der Waals surface area contributed by atoms with Gasteiger partial charge < -0.3 is 0 Å². The molecule has 1 aromatic carbocycles. The van der Waals surface area contributed by atoms with E-state index in [1.54, 1.807) is 0 Å². The Hall–Kier alpha value is -1.05. The Labute approximate surface area is 112 Å². The van der Waals surface area contributed by atoms with Crippen molar-refractivity contribution in [1.82, 2.24) is 0 Å². The van der Waals surface area contributed by atoms with Crippen LogP contribution in [0.3, 0.4) is 0 Å². The van der Waals surface area contributed by atoms with Crippen LogP contribution in [0.2, 0.25) is 0 Å². The lowest BCUT2D eigenvalue weighted by Crippen LogP contribution is -2.43. The molecule has 0 aliphatic carbocycles. The first kappa shape index (κ1) is 16.0. The van der Waals surface area contributed by atoms with Crippen LogP contribution in [0, 0.1) is 5.92 Å². The zero-order valence-corrected chi connectivity index (χ0v) is 10.7. The van der Waals surface area contributed by atoms with Crippen LogP contribution in [0.1, 0.15) is 5.56 Å². The maximum atomic E-state index is 12.3. The van der Waals surface area contributed by atoms with E-state index in [0.29, 0.717) is 4.47 Å². The molecule has 106 valence electrons. The molecule has 0 saturated heterocycles. The van der Waals surface area contributed by atoms with Crippen molar-refractivity contribution < 1.29 is 31.1 Å². The van der Waals surface area contributed by atoms with Gasteiger partial charge in [-0.05, 0) is 17.7 Å². The number of benzene rings is 1. The molecule has 0 aliphatic heterocycles. The number of Topliss-reactive ketones (excluding diaryl/α,β-unsaturated/α-hetero) is 1. The minimum absolute atomic E-state index is 0.0895. The van der Waals surface area contributed by atoms with E-state index in [2.05, 4.69) is 15.9 Å². The van der Waals surface area contributed by atoms with E-state index in [-0.39, 0.29) is 5.56 Å². The van der Waals surface area contributed by atoms with Gasteiger partial charge in [0.25, 0.3) is 0 Å². The fraction of sp³-hybridized carbons (Fsp3) is 0.364. The first-order chi connectivity index (χ1) is 8.51. The van der Waals surface area contributed by atoms with Crippen molar-refractivity contribution in [2.24, 2.45) is 5.92 Å². The zero-order chi connectivity index (χ0) is 14.8. The smallest absolute Gasteiger partial charge is 0.298 e. The second-order valence-electron chi connectivity index (χ2n) is 3.79. The number of ketones is 1. The third-order valence-electron chi connectivity index (χ3n) is 2.27. The molecule has 0 spiro atoms. The summed E-state index contributed by atoms with van der Waals surface area (Å²) < 4.78 is 74.3. The number of carbonyl (C=O) groups is 1. The molecule has 0 heterocycles. The third-order valence-corrected chi connectivity index (χ3v) is 2.80. The van der Waals surface area contributed by atoms with Gasteiger partial charge in [0.15, 0.2) is 5.78 Å². The van der Waals surface area contributed by atoms with Crippen molar-refractivity contribution in [3.8, 4) is 0 Å². The Morgan fingerprint density at radius 2 is 1.42 bits per heavy atom. The summed E-state index contributed by atoms with van der Waals surface area (Å²) in [6.07, 6.45) is -12.2. The molecule has 0 N–H and O–H groups in total. The van der Waals surface area contributed by atoms with Crippen LogP contribution in [-0.4, -0.2) is 18.1 Å². The highest BCUT2D eigenvalue weighted by atomic mass is 79.9. The van der Waals surface area contributed by atoms with Gasteiger partial charge in [-0.2, -0.15) is 26.3 Å². The lowest BCUT2D eigenvalue weighted by Gasteiger charge is -2.21. The summed E-state index contributed by atoms with van der Waals surface area (Å²) in [7, 11) is 0. The Kier molecular flexibility index (Phi) is 4.65. The lowest BCUT2D eigenvalue weighted by molar-refractivity contribution is -0.273. The first-order valence-electron chi connectivity index (χ1n) is 4.92. The van der Waals surface area contributed by atoms with Gasteiger partial charge >= 0.3 is 12.4 Å². The maximum absolute atomic E-state index is 12.3. The van der Waals surface area contributed by atoms with Crippen molar-refractivity contribution in [2.75, 3.05) is 0 Å². The second kappa shape index (κ2) is 5.52. The van der Waals surface area contributed by atoms with Crippen molar-refractivity contribution in [3.05, 3.63) is 34.3 Å². The van der Waals surface area contributed by atoms with Gasteiger partial charge in [0.1, 0.15) is 0 Å². The predicted molar refractivity (Wildman–Crippen MR) is 58.5 cm³/mol. The molecule has 0 bridgehead atoms. The third kappa shape index (κ3) is 4.52. The molecule has 0 unspecified atom stereocenters. The van der Waals surface area contributed by atoms with Crippen LogP contribution >= 0.6 is 15.9 Å². The predicted octanol–water partition coefficient (Wildman–Crippen LogP) is 4.30. The molecule has 0 atom stereocenters. The molecule has 0 amide bonds. The monoisotopic (exact) mass is 348 g/mol. The SMILES string of the molecule is O=C(Cc1ccc(Br)cc1)C(C(F)(F)F)C(F)(F)F. The summed E-state index contributed by atoms with van der Waals surface area (Å²) in [5.41, 5.74) is 0.0895. The normalized spacial score (nSPS) is 12.8. The summed E-state index contributed by atoms with van der Waals surface area (Å²) in [5, 5.41) is 0. The van der Waals surface area contributed by atoms with Crippen molar-refractivity contribution in [2.45, 2.75) is 18.8 Å². The van der Waals surface area contributed by atoms with E-state index in [9.17, 15) is 31.1 Å². The molecule has 0 saturated carbocycles. The highest BCUT2D eigenvalue weighted by molar-refractivity contribution is 9.10. The molecule has 0 radical (unpaired) electrons. The van der Waals surface area contributed by atoms with E-state index in [4.69, 9.17) is 0 Å². The van der Waals surface area contributed by atoms with Crippen LogP contribution in [0.25, 0.3) is 0 Å². The van der Waals surface area contributed by atoms with E-state index in [1.807, 2.05) is 0 Å². The number of rotatable bonds is 3. The largest absolute Gasteiger partial charge is 0.407 e. The first-order valence-corrected chi connectivity index (χ1v) is 5.71. The Balaban J connectivity index is 2.93. The van der Waals surface area contributed by atoms with Crippen LogP contribution in [0.15, 0.2) is 28.7 Å². The van der Waals surface area contributed by atoms with E-state index in [0.717, 1.165) is 0 Å². The highest BCUT2D eigenvalue weighted by Gasteiger charge is 2.60. The van der Waals surface area contributed by atoms with E-state index >= 15 is 0 Å². The van der Waals surface area contributed by atoms with Crippen LogP contribution in [0.4, 0.5) is 26.3 Å². The van der Waals surface area contributed by atoms with Gasteiger partial charge in [-0.25, -0.2) is 0 Å².